The van der Waals surface area contributed by atoms with E-state index in [0.717, 1.165) is 17.8 Å². The van der Waals surface area contributed by atoms with E-state index in [0.29, 0.717) is 16.9 Å². The average molecular weight is 293 g/mol. The molecule has 0 saturated heterocycles. The zero-order valence-corrected chi connectivity index (χ0v) is 14.9. The largest absolute Gasteiger partial charge is 0.315 e. The summed E-state index contributed by atoms with van der Waals surface area (Å²) in [4.78, 5) is 2.57. The van der Waals surface area contributed by atoms with Crippen LogP contribution in [0.15, 0.2) is 0 Å². The molecule has 0 spiro atoms. The molecule has 4 bridgehead atoms. The van der Waals surface area contributed by atoms with Gasteiger partial charge in [0.05, 0.1) is 0 Å². The van der Waals surface area contributed by atoms with Gasteiger partial charge in [-0.1, -0.05) is 20.8 Å². The zero-order valence-electron chi connectivity index (χ0n) is 14.9. The van der Waals surface area contributed by atoms with E-state index in [9.17, 15) is 0 Å². The molecule has 4 aliphatic carbocycles. The monoisotopic (exact) mass is 292 g/mol. The van der Waals surface area contributed by atoms with Gasteiger partial charge < -0.3 is 10.2 Å². The lowest BCUT2D eigenvalue weighted by Gasteiger charge is -2.60. The predicted molar refractivity (Wildman–Crippen MR) is 90.4 cm³/mol. The summed E-state index contributed by atoms with van der Waals surface area (Å²) in [6.07, 6.45) is 9.17. The van der Waals surface area contributed by atoms with Crippen LogP contribution in [0.5, 0.6) is 0 Å². The van der Waals surface area contributed by atoms with Crippen molar-refractivity contribution in [1.82, 2.24) is 10.2 Å². The van der Waals surface area contributed by atoms with E-state index in [1.807, 2.05) is 0 Å². The lowest BCUT2D eigenvalue weighted by molar-refractivity contribution is -0.0774. The maximum absolute atomic E-state index is 3.73. The van der Waals surface area contributed by atoms with Crippen LogP contribution in [0.25, 0.3) is 0 Å². The van der Waals surface area contributed by atoms with Gasteiger partial charge in [0.2, 0.25) is 0 Å². The normalized spacial score (nSPS) is 40.0. The minimum absolute atomic E-state index is 0.397. The molecule has 4 rings (SSSR count). The Morgan fingerprint density at radius 2 is 1.52 bits per heavy atom. The first kappa shape index (κ1) is 15.8. The van der Waals surface area contributed by atoms with E-state index >= 15 is 0 Å². The second-order valence-corrected chi connectivity index (χ2v) is 9.88. The van der Waals surface area contributed by atoms with Crippen LogP contribution in [0.1, 0.15) is 59.3 Å². The van der Waals surface area contributed by atoms with Crippen molar-refractivity contribution in [2.24, 2.45) is 28.6 Å². The molecular formula is C19H36N2. The van der Waals surface area contributed by atoms with Crippen LogP contribution < -0.4 is 5.32 Å². The summed E-state index contributed by atoms with van der Waals surface area (Å²) in [5.74, 6) is 3.17. The van der Waals surface area contributed by atoms with Gasteiger partial charge in [0, 0.05) is 19.1 Å². The molecular weight excluding hydrogens is 256 g/mol. The number of likely N-dealkylation sites (N-methyl/N-ethyl adjacent to an activating group) is 2. The van der Waals surface area contributed by atoms with E-state index in [2.05, 4.69) is 45.1 Å². The Bertz CT molecular complexity index is 333. The first-order chi connectivity index (χ1) is 9.79. The molecule has 4 fully saturated rings. The Balaban J connectivity index is 1.68. The van der Waals surface area contributed by atoms with Gasteiger partial charge in [-0.15, -0.1) is 0 Å². The third-order valence-corrected chi connectivity index (χ3v) is 6.41. The van der Waals surface area contributed by atoms with Crippen LogP contribution in [0.3, 0.4) is 0 Å². The zero-order chi connectivity index (χ0) is 15.3. The average Bonchev–Trinajstić information content (AvgIpc) is 2.31. The Kier molecular flexibility index (Phi) is 4.16. The minimum Gasteiger partial charge on any atom is -0.315 e. The van der Waals surface area contributed by atoms with E-state index in [1.165, 1.54) is 32.4 Å². The van der Waals surface area contributed by atoms with Crippen molar-refractivity contribution in [3.8, 4) is 0 Å². The molecule has 1 atom stereocenters. The van der Waals surface area contributed by atoms with Crippen LogP contribution in [0.2, 0.25) is 0 Å². The van der Waals surface area contributed by atoms with Gasteiger partial charge in [0.15, 0.2) is 0 Å². The number of nitrogens with zero attached hydrogens (tertiary/aromatic N) is 1. The highest BCUT2D eigenvalue weighted by molar-refractivity contribution is 5.06. The smallest absolute Gasteiger partial charge is 0.0248 e. The molecule has 21 heavy (non-hydrogen) atoms. The SMILES string of the molecule is CNC(CN(C)CC(C)(C)C)C12CC3CC(CC(C3)C1)C2. The molecule has 4 aliphatic rings. The molecule has 0 aliphatic heterocycles. The molecule has 0 amide bonds. The van der Waals surface area contributed by atoms with E-state index in [-0.39, 0.29) is 0 Å². The Labute approximate surface area is 132 Å². The second-order valence-electron chi connectivity index (χ2n) is 9.88. The molecule has 1 unspecified atom stereocenters. The van der Waals surface area contributed by atoms with Crippen LogP contribution in [0.4, 0.5) is 0 Å². The summed E-state index contributed by atoms with van der Waals surface area (Å²) in [6.45, 7) is 9.46. The van der Waals surface area contributed by atoms with Crippen molar-refractivity contribution in [2.45, 2.75) is 65.3 Å². The molecule has 2 heteroatoms. The highest BCUT2D eigenvalue weighted by Gasteiger charge is 2.53. The van der Waals surface area contributed by atoms with Gasteiger partial charge in [-0.05, 0) is 81.2 Å². The van der Waals surface area contributed by atoms with Crippen LogP contribution in [-0.4, -0.2) is 38.1 Å². The fraction of sp³-hybridized carbons (Fsp3) is 1.00. The summed E-state index contributed by atoms with van der Waals surface area (Å²) in [6, 6.07) is 0.693. The third kappa shape index (κ3) is 3.32. The van der Waals surface area contributed by atoms with E-state index in [4.69, 9.17) is 0 Å². The van der Waals surface area contributed by atoms with Crippen molar-refractivity contribution in [3.05, 3.63) is 0 Å². The standard InChI is InChI=1S/C19H36N2/c1-18(2,3)13-21(5)12-17(20-4)19-9-14-6-15(10-19)8-16(7-14)11-19/h14-17,20H,6-13H2,1-5H3. The van der Waals surface area contributed by atoms with Crippen molar-refractivity contribution in [2.75, 3.05) is 27.2 Å². The summed E-state index contributed by atoms with van der Waals surface area (Å²) < 4.78 is 0. The van der Waals surface area contributed by atoms with Gasteiger partial charge >= 0.3 is 0 Å². The molecule has 4 saturated carbocycles. The molecule has 0 radical (unpaired) electrons. The van der Waals surface area contributed by atoms with E-state index < -0.39 is 0 Å². The topological polar surface area (TPSA) is 15.3 Å². The first-order valence-corrected chi connectivity index (χ1v) is 9.15. The molecule has 1 N–H and O–H groups in total. The number of nitrogens with one attached hydrogen (secondary N) is 1. The fourth-order valence-electron chi connectivity index (χ4n) is 6.38. The maximum Gasteiger partial charge on any atom is 0.0248 e. The summed E-state index contributed by atoms with van der Waals surface area (Å²) in [7, 11) is 4.52. The van der Waals surface area contributed by atoms with Crippen LogP contribution in [0, 0.1) is 28.6 Å². The number of rotatable bonds is 5. The van der Waals surface area contributed by atoms with Crippen molar-refractivity contribution in [1.29, 1.82) is 0 Å². The second kappa shape index (κ2) is 5.53. The van der Waals surface area contributed by atoms with Crippen LogP contribution in [-0.2, 0) is 0 Å². The highest BCUT2D eigenvalue weighted by Crippen LogP contribution is 2.61. The van der Waals surface area contributed by atoms with Crippen molar-refractivity contribution in [3.63, 3.8) is 0 Å². The van der Waals surface area contributed by atoms with Gasteiger partial charge in [-0.25, -0.2) is 0 Å². The molecule has 2 nitrogen and oxygen atoms in total. The number of hydrogen-bond acceptors (Lipinski definition) is 2. The molecule has 0 aromatic rings. The van der Waals surface area contributed by atoms with Gasteiger partial charge in [-0.2, -0.15) is 0 Å². The quantitative estimate of drug-likeness (QED) is 0.830. The van der Waals surface area contributed by atoms with Gasteiger partial charge in [0.1, 0.15) is 0 Å². The van der Waals surface area contributed by atoms with Crippen LogP contribution >= 0.6 is 0 Å². The Morgan fingerprint density at radius 3 is 1.90 bits per heavy atom. The van der Waals surface area contributed by atoms with E-state index in [1.54, 1.807) is 19.3 Å². The highest BCUT2D eigenvalue weighted by atomic mass is 15.1. The Morgan fingerprint density at radius 1 is 1.05 bits per heavy atom. The maximum atomic E-state index is 3.73. The Hall–Kier alpha value is -0.0800. The fourth-order valence-corrected chi connectivity index (χ4v) is 6.38. The lowest BCUT2D eigenvalue weighted by atomic mass is 9.47. The molecule has 0 heterocycles. The predicted octanol–water partition coefficient (Wildman–Crippen LogP) is 3.77. The third-order valence-electron chi connectivity index (χ3n) is 6.41. The number of hydrogen-bond donors (Lipinski definition) is 1. The summed E-state index contributed by atoms with van der Waals surface area (Å²) in [5.41, 5.74) is 1.02. The minimum atomic E-state index is 0.397. The lowest BCUT2D eigenvalue weighted by Crippen LogP contribution is -2.58. The van der Waals surface area contributed by atoms with Crippen molar-refractivity contribution >= 4 is 0 Å². The summed E-state index contributed by atoms with van der Waals surface area (Å²) in [5, 5.41) is 3.73. The summed E-state index contributed by atoms with van der Waals surface area (Å²) >= 11 is 0. The van der Waals surface area contributed by atoms with Gasteiger partial charge in [0.25, 0.3) is 0 Å². The van der Waals surface area contributed by atoms with Crippen molar-refractivity contribution < 1.29 is 0 Å². The molecule has 122 valence electrons. The molecule has 0 aromatic carbocycles. The molecule has 0 aromatic heterocycles. The first-order valence-electron chi connectivity index (χ1n) is 9.15. The van der Waals surface area contributed by atoms with Gasteiger partial charge in [-0.3, -0.25) is 0 Å².